The Bertz CT molecular complexity index is 692. The molecule has 0 atom stereocenters. The van der Waals surface area contributed by atoms with Gasteiger partial charge in [-0.2, -0.15) is 0 Å². The minimum Gasteiger partial charge on any atom is -0.444 e. The molecule has 1 N–H and O–H groups in total. The van der Waals surface area contributed by atoms with Gasteiger partial charge in [0.1, 0.15) is 6.61 Å². The first-order chi connectivity index (χ1) is 11.7. The first-order valence-corrected chi connectivity index (χ1v) is 8.09. The summed E-state index contributed by atoms with van der Waals surface area (Å²) in [7, 11) is 0. The number of benzene rings is 2. The van der Waals surface area contributed by atoms with Gasteiger partial charge in [0.2, 0.25) is 0 Å². The van der Waals surface area contributed by atoms with Gasteiger partial charge in [0.25, 0.3) is 5.91 Å². The lowest BCUT2D eigenvalue weighted by atomic mass is 10.2. The average molecular weight is 324 g/mol. The molecule has 5 heteroatoms. The lowest BCUT2D eigenvalue weighted by Gasteiger charge is -2.15. The maximum Gasteiger partial charge on any atom is 0.411 e. The molecule has 124 valence electrons. The predicted molar refractivity (Wildman–Crippen MR) is 91.8 cm³/mol. The standard InChI is InChI=1S/C19H20N2O3/c22-18(21-12-4-5-13-21)16-8-10-17(11-9-16)20-19(23)24-14-15-6-2-1-3-7-15/h1-3,6-11H,4-5,12-14H2,(H,20,23). The second-order valence-corrected chi connectivity index (χ2v) is 5.76. The van der Waals surface area contributed by atoms with Crippen LogP contribution in [0.4, 0.5) is 10.5 Å². The Kier molecular flexibility index (Phi) is 5.11. The van der Waals surface area contributed by atoms with Crippen molar-refractivity contribution in [1.29, 1.82) is 0 Å². The molecule has 0 spiro atoms. The van der Waals surface area contributed by atoms with Crippen molar-refractivity contribution in [2.45, 2.75) is 19.4 Å². The highest BCUT2D eigenvalue weighted by Gasteiger charge is 2.19. The third kappa shape index (κ3) is 4.13. The molecule has 1 aliphatic rings. The van der Waals surface area contributed by atoms with Gasteiger partial charge >= 0.3 is 6.09 Å². The predicted octanol–water partition coefficient (Wildman–Crippen LogP) is 3.67. The quantitative estimate of drug-likeness (QED) is 0.933. The highest BCUT2D eigenvalue weighted by molar-refractivity contribution is 5.95. The summed E-state index contributed by atoms with van der Waals surface area (Å²) in [4.78, 5) is 25.9. The van der Waals surface area contributed by atoms with E-state index in [0.29, 0.717) is 11.3 Å². The Morgan fingerprint density at radius 1 is 0.958 bits per heavy atom. The molecule has 1 saturated heterocycles. The van der Waals surface area contributed by atoms with Crippen molar-refractivity contribution in [3.8, 4) is 0 Å². The van der Waals surface area contributed by atoms with Crippen LogP contribution in [0.25, 0.3) is 0 Å². The van der Waals surface area contributed by atoms with Crippen molar-refractivity contribution < 1.29 is 14.3 Å². The highest BCUT2D eigenvalue weighted by atomic mass is 16.5. The number of hydrogen-bond donors (Lipinski definition) is 1. The maximum atomic E-state index is 12.3. The van der Waals surface area contributed by atoms with Crippen molar-refractivity contribution >= 4 is 17.7 Å². The molecule has 2 aromatic rings. The van der Waals surface area contributed by atoms with Gasteiger partial charge in [0.15, 0.2) is 0 Å². The first-order valence-electron chi connectivity index (χ1n) is 8.09. The number of carbonyl (C=O) groups is 2. The Balaban J connectivity index is 1.52. The molecule has 1 fully saturated rings. The monoisotopic (exact) mass is 324 g/mol. The summed E-state index contributed by atoms with van der Waals surface area (Å²) in [6, 6.07) is 16.4. The highest BCUT2D eigenvalue weighted by Crippen LogP contribution is 2.15. The fraction of sp³-hybridized carbons (Fsp3) is 0.263. The van der Waals surface area contributed by atoms with Crippen LogP contribution in [-0.2, 0) is 11.3 Å². The second kappa shape index (κ2) is 7.64. The van der Waals surface area contributed by atoms with E-state index >= 15 is 0 Å². The molecule has 0 radical (unpaired) electrons. The smallest absolute Gasteiger partial charge is 0.411 e. The van der Waals surface area contributed by atoms with Crippen LogP contribution in [0.1, 0.15) is 28.8 Å². The molecular weight excluding hydrogens is 304 g/mol. The molecule has 0 aromatic heterocycles. The van der Waals surface area contributed by atoms with E-state index < -0.39 is 6.09 Å². The van der Waals surface area contributed by atoms with Gasteiger partial charge < -0.3 is 9.64 Å². The van der Waals surface area contributed by atoms with Crippen molar-refractivity contribution in [3.05, 3.63) is 65.7 Å². The molecular formula is C19H20N2O3. The zero-order chi connectivity index (χ0) is 16.8. The molecule has 24 heavy (non-hydrogen) atoms. The molecule has 1 heterocycles. The van der Waals surface area contributed by atoms with Crippen LogP contribution < -0.4 is 5.32 Å². The average Bonchev–Trinajstić information content (AvgIpc) is 3.16. The number of nitrogens with one attached hydrogen (secondary N) is 1. The number of nitrogens with zero attached hydrogens (tertiary/aromatic N) is 1. The van der Waals surface area contributed by atoms with Crippen molar-refractivity contribution in [3.63, 3.8) is 0 Å². The SMILES string of the molecule is O=C(Nc1ccc(C(=O)N2CCCC2)cc1)OCc1ccccc1. The summed E-state index contributed by atoms with van der Waals surface area (Å²) in [6.45, 7) is 1.87. The van der Waals surface area contributed by atoms with E-state index in [1.54, 1.807) is 24.3 Å². The minimum atomic E-state index is -0.516. The molecule has 0 unspecified atom stereocenters. The summed E-state index contributed by atoms with van der Waals surface area (Å²) in [6.07, 6.45) is 1.62. The largest absolute Gasteiger partial charge is 0.444 e. The number of rotatable bonds is 4. The maximum absolute atomic E-state index is 12.3. The Morgan fingerprint density at radius 2 is 1.62 bits per heavy atom. The van der Waals surface area contributed by atoms with Crippen LogP contribution in [-0.4, -0.2) is 30.0 Å². The number of ether oxygens (including phenoxy) is 1. The van der Waals surface area contributed by atoms with Gasteiger partial charge in [-0.05, 0) is 42.7 Å². The number of hydrogen-bond acceptors (Lipinski definition) is 3. The van der Waals surface area contributed by atoms with E-state index in [2.05, 4.69) is 5.32 Å². The van der Waals surface area contributed by atoms with Gasteiger partial charge in [0.05, 0.1) is 0 Å². The normalized spacial score (nSPS) is 13.6. The number of likely N-dealkylation sites (tertiary alicyclic amines) is 1. The number of anilines is 1. The molecule has 3 rings (SSSR count). The van der Waals surface area contributed by atoms with E-state index in [9.17, 15) is 9.59 Å². The minimum absolute atomic E-state index is 0.0469. The molecule has 0 bridgehead atoms. The summed E-state index contributed by atoms with van der Waals surface area (Å²) in [5.74, 6) is 0.0469. The van der Waals surface area contributed by atoms with Gasteiger partial charge in [-0.3, -0.25) is 10.1 Å². The molecule has 2 amide bonds. The van der Waals surface area contributed by atoms with Crippen LogP contribution in [0, 0.1) is 0 Å². The van der Waals surface area contributed by atoms with Crippen molar-refractivity contribution in [2.24, 2.45) is 0 Å². The van der Waals surface area contributed by atoms with Crippen LogP contribution in [0.5, 0.6) is 0 Å². The molecule has 0 saturated carbocycles. The van der Waals surface area contributed by atoms with Gasteiger partial charge in [-0.15, -0.1) is 0 Å². The zero-order valence-corrected chi connectivity index (χ0v) is 13.4. The van der Waals surface area contributed by atoms with Gasteiger partial charge in [-0.25, -0.2) is 4.79 Å². The van der Waals surface area contributed by atoms with Crippen LogP contribution in [0.2, 0.25) is 0 Å². The van der Waals surface area contributed by atoms with Crippen LogP contribution in [0.3, 0.4) is 0 Å². The van der Waals surface area contributed by atoms with Crippen molar-refractivity contribution in [1.82, 2.24) is 4.90 Å². The summed E-state index contributed by atoms with van der Waals surface area (Å²) >= 11 is 0. The fourth-order valence-corrected chi connectivity index (χ4v) is 2.68. The summed E-state index contributed by atoms with van der Waals surface area (Å²) in [5.41, 5.74) is 2.17. The Hall–Kier alpha value is -2.82. The number of carbonyl (C=O) groups excluding carboxylic acids is 2. The molecule has 1 aliphatic heterocycles. The molecule has 2 aromatic carbocycles. The Morgan fingerprint density at radius 3 is 2.29 bits per heavy atom. The van der Waals surface area contributed by atoms with Crippen LogP contribution >= 0.6 is 0 Å². The molecule has 0 aliphatic carbocycles. The van der Waals surface area contributed by atoms with Crippen molar-refractivity contribution in [2.75, 3.05) is 18.4 Å². The van der Waals surface area contributed by atoms with E-state index in [1.165, 1.54) is 0 Å². The van der Waals surface area contributed by atoms with Gasteiger partial charge in [-0.1, -0.05) is 30.3 Å². The van der Waals surface area contributed by atoms with E-state index in [4.69, 9.17) is 4.74 Å². The summed E-state index contributed by atoms with van der Waals surface area (Å²) < 4.78 is 5.17. The van der Waals surface area contributed by atoms with Gasteiger partial charge in [0, 0.05) is 24.3 Å². The lowest BCUT2D eigenvalue weighted by Crippen LogP contribution is -2.27. The fourth-order valence-electron chi connectivity index (χ4n) is 2.68. The lowest BCUT2D eigenvalue weighted by molar-refractivity contribution is 0.0793. The summed E-state index contributed by atoms with van der Waals surface area (Å²) in [5, 5.41) is 2.66. The van der Waals surface area contributed by atoms with Crippen LogP contribution in [0.15, 0.2) is 54.6 Å². The van der Waals surface area contributed by atoms with E-state index in [1.807, 2.05) is 35.2 Å². The number of amides is 2. The van der Waals surface area contributed by atoms with E-state index in [-0.39, 0.29) is 12.5 Å². The first kappa shape index (κ1) is 16.1. The molecule has 5 nitrogen and oxygen atoms in total. The Labute approximate surface area is 141 Å². The third-order valence-corrected chi connectivity index (χ3v) is 3.98. The van der Waals surface area contributed by atoms with E-state index in [0.717, 1.165) is 31.5 Å². The topological polar surface area (TPSA) is 58.6 Å². The third-order valence-electron chi connectivity index (χ3n) is 3.98. The second-order valence-electron chi connectivity index (χ2n) is 5.76. The zero-order valence-electron chi connectivity index (χ0n) is 13.4.